The molecule has 2 aliphatic rings. The fourth-order valence-corrected chi connectivity index (χ4v) is 2.63. The van der Waals surface area contributed by atoms with Crippen molar-refractivity contribution in [3.05, 3.63) is 47.2 Å². The fraction of sp³-hybridized carbons (Fsp3) is 0.400. The Hall–Kier alpha value is -1.41. The Labute approximate surface area is 103 Å². The van der Waals surface area contributed by atoms with Crippen molar-refractivity contribution in [3.63, 3.8) is 0 Å². The van der Waals surface area contributed by atoms with Crippen LogP contribution < -0.4 is 0 Å². The SMILES string of the molecule is C1=NC2=C(C1)CCN(Cc1ccccc1)CC2. The summed E-state index contributed by atoms with van der Waals surface area (Å²) in [6.45, 7) is 3.40. The van der Waals surface area contributed by atoms with Crippen molar-refractivity contribution < 1.29 is 0 Å². The molecule has 0 N–H and O–H groups in total. The number of hydrogen-bond donors (Lipinski definition) is 0. The molecule has 0 fully saturated rings. The lowest BCUT2D eigenvalue weighted by atomic mass is 10.1. The van der Waals surface area contributed by atoms with Crippen LogP contribution in [0.25, 0.3) is 0 Å². The molecule has 2 heterocycles. The highest BCUT2D eigenvalue weighted by atomic mass is 15.1. The second-order valence-corrected chi connectivity index (χ2v) is 4.83. The van der Waals surface area contributed by atoms with Gasteiger partial charge in [-0.2, -0.15) is 0 Å². The van der Waals surface area contributed by atoms with Crippen molar-refractivity contribution in [2.75, 3.05) is 13.1 Å². The molecule has 1 aromatic carbocycles. The highest BCUT2D eigenvalue weighted by molar-refractivity contribution is 5.67. The van der Waals surface area contributed by atoms with Gasteiger partial charge in [-0.05, 0) is 17.6 Å². The Morgan fingerprint density at radius 3 is 2.76 bits per heavy atom. The predicted molar refractivity (Wildman–Crippen MR) is 71.1 cm³/mol. The number of rotatable bonds is 2. The minimum atomic E-state index is 1.07. The lowest BCUT2D eigenvalue weighted by molar-refractivity contribution is 0.278. The van der Waals surface area contributed by atoms with Gasteiger partial charge in [0.15, 0.2) is 0 Å². The molecule has 3 rings (SSSR count). The Balaban J connectivity index is 1.62. The van der Waals surface area contributed by atoms with Gasteiger partial charge in [-0.3, -0.25) is 9.89 Å². The zero-order valence-electron chi connectivity index (χ0n) is 10.1. The van der Waals surface area contributed by atoms with Gasteiger partial charge >= 0.3 is 0 Å². The molecule has 1 aromatic rings. The standard InChI is InChI=1S/C15H18N2/c1-2-4-13(5-3-1)12-17-10-7-14-6-9-16-15(14)8-11-17/h1-5,9H,6-8,10-12H2. The summed E-state index contributed by atoms with van der Waals surface area (Å²) < 4.78 is 0. The molecular formula is C15H18N2. The smallest absolute Gasteiger partial charge is 0.0408 e. The van der Waals surface area contributed by atoms with E-state index in [1.807, 2.05) is 0 Å². The summed E-state index contributed by atoms with van der Waals surface area (Å²) in [5, 5.41) is 0. The van der Waals surface area contributed by atoms with Gasteiger partial charge in [0.1, 0.15) is 0 Å². The van der Waals surface area contributed by atoms with E-state index in [-0.39, 0.29) is 0 Å². The normalized spacial score (nSPS) is 20.5. The van der Waals surface area contributed by atoms with Crippen molar-refractivity contribution in [2.45, 2.75) is 25.8 Å². The summed E-state index contributed by atoms with van der Waals surface area (Å²) in [6.07, 6.45) is 5.48. The zero-order chi connectivity index (χ0) is 11.5. The van der Waals surface area contributed by atoms with Crippen LogP contribution in [-0.4, -0.2) is 24.2 Å². The van der Waals surface area contributed by atoms with Crippen molar-refractivity contribution >= 4 is 6.21 Å². The molecule has 0 amide bonds. The van der Waals surface area contributed by atoms with E-state index in [1.54, 1.807) is 5.57 Å². The third-order valence-electron chi connectivity index (χ3n) is 3.64. The Bertz CT molecular complexity index is 445. The topological polar surface area (TPSA) is 15.6 Å². The van der Waals surface area contributed by atoms with E-state index in [9.17, 15) is 0 Å². The molecular weight excluding hydrogens is 208 g/mol. The molecule has 0 aromatic heterocycles. The van der Waals surface area contributed by atoms with E-state index in [4.69, 9.17) is 0 Å². The van der Waals surface area contributed by atoms with Crippen LogP contribution in [-0.2, 0) is 6.54 Å². The van der Waals surface area contributed by atoms with Gasteiger partial charge in [-0.15, -0.1) is 0 Å². The van der Waals surface area contributed by atoms with Crippen LogP contribution in [0.15, 0.2) is 46.6 Å². The maximum absolute atomic E-state index is 4.49. The molecule has 0 aliphatic carbocycles. The summed E-state index contributed by atoms with van der Waals surface area (Å²) in [5.41, 5.74) is 4.35. The monoisotopic (exact) mass is 226 g/mol. The van der Waals surface area contributed by atoms with Crippen LogP contribution in [0.5, 0.6) is 0 Å². The molecule has 17 heavy (non-hydrogen) atoms. The third-order valence-corrected chi connectivity index (χ3v) is 3.64. The van der Waals surface area contributed by atoms with Gasteiger partial charge < -0.3 is 0 Å². The van der Waals surface area contributed by atoms with Gasteiger partial charge in [-0.25, -0.2) is 0 Å². The minimum absolute atomic E-state index is 1.07. The van der Waals surface area contributed by atoms with Crippen molar-refractivity contribution in [1.29, 1.82) is 0 Å². The van der Waals surface area contributed by atoms with Crippen LogP contribution in [0.4, 0.5) is 0 Å². The largest absolute Gasteiger partial charge is 0.298 e. The molecule has 2 nitrogen and oxygen atoms in total. The molecule has 88 valence electrons. The van der Waals surface area contributed by atoms with Gasteiger partial charge in [0.05, 0.1) is 0 Å². The summed E-state index contributed by atoms with van der Waals surface area (Å²) >= 11 is 0. The molecule has 0 atom stereocenters. The molecule has 0 radical (unpaired) electrons. The van der Waals surface area contributed by atoms with Gasteiger partial charge in [0.25, 0.3) is 0 Å². The Morgan fingerprint density at radius 2 is 1.88 bits per heavy atom. The summed E-state index contributed by atoms with van der Waals surface area (Å²) in [7, 11) is 0. The van der Waals surface area contributed by atoms with E-state index >= 15 is 0 Å². The van der Waals surface area contributed by atoms with Gasteiger partial charge in [0, 0.05) is 44.4 Å². The first-order chi connectivity index (χ1) is 8.42. The lowest BCUT2D eigenvalue weighted by Gasteiger charge is -2.20. The summed E-state index contributed by atoms with van der Waals surface area (Å²) in [4.78, 5) is 7.03. The van der Waals surface area contributed by atoms with Crippen LogP contribution in [0.2, 0.25) is 0 Å². The lowest BCUT2D eigenvalue weighted by Crippen LogP contribution is -2.24. The number of aliphatic imine (C=N–C) groups is 1. The Morgan fingerprint density at radius 1 is 1.06 bits per heavy atom. The van der Waals surface area contributed by atoms with Gasteiger partial charge in [0.2, 0.25) is 0 Å². The van der Waals surface area contributed by atoms with E-state index in [0.29, 0.717) is 0 Å². The fourth-order valence-electron chi connectivity index (χ4n) is 2.63. The first kappa shape index (κ1) is 10.7. The molecule has 0 saturated carbocycles. The maximum atomic E-state index is 4.49. The Kier molecular flexibility index (Phi) is 3.06. The minimum Gasteiger partial charge on any atom is -0.298 e. The van der Waals surface area contributed by atoms with E-state index < -0.39 is 0 Å². The van der Waals surface area contributed by atoms with Crippen LogP contribution in [0, 0.1) is 0 Å². The summed E-state index contributed by atoms with van der Waals surface area (Å²) in [5.74, 6) is 0. The first-order valence-corrected chi connectivity index (χ1v) is 6.41. The van der Waals surface area contributed by atoms with Crippen LogP contribution >= 0.6 is 0 Å². The molecule has 0 spiro atoms. The third kappa shape index (κ3) is 2.47. The van der Waals surface area contributed by atoms with E-state index in [2.05, 4.69) is 46.4 Å². The highest BCUT2D eigenvalue weighted by Gasteiger charge is 2.17. The quantitative estimate of drug-likeness (QED) is 0.757. The second-order valence-electron chi connectivity index (χ2n) is 4.83. The zero-order valence-corrected chi connectivity index (χ0v) is 10.1. The van der Waals surface area contributed by atoms with Crippen LogP contribution in [0.1, 0.15) is 24.8 Å². The highest BCUT2D eigenvalue weighted by Crippen LogP contribution is 2.26. The number of benzene rings is 1. The van der Waals surface area contributed by atoms with Gasteiger partial charge in [-0.1, -0.05) is 30.3 Å². The van der Waals surface area contributed by atoms with Crippen LogP contribution in [0.3, 0.4) is 0 Å². The second kappa shape index (κ2) is 4.84. The first-order valence-electron chi connectivity index (χ1n) is 6.41. The molecule has 0 unspecified atom stereocenters. The number of hydrogen-bond acceptors (Lipinski definition) is 2. The van der Waals surface area contributed by atoms with Crippen molar-refractivity contribution in [3.8, 4) is 0 Å². The average molecular weight is 226 g/mol. The maximum Gasteiger partial charge on any atom is 0.0408 e. The van der Waals surface area contributed by atoms with E-state index in [1.165, 1.54) is 24.2 Å². The van der Waals surface area contributed by atoms with Crippen molar-refractivity contribution in [2.24, 2.45) is 4.99 Å². The molecule has 2 heteroatoms. The average Bonchev–Trinajstić information content (AvgIpc) is 2.74. The van der Waals surface area contributed by atoms with Crippen molar-refractivity contribution in [1.82, 2.24) is 4.90 Å². The van der Waals surface area contributed by atoms with E-state index in [0.717, 1.165) is 25.9 Å². The predicted octanol–water partition coefficient (Wildman–Crippen LogP) is 3.01. The molecule has 2 aliphatic heterocycles. The summed E-state index contributed by atoms with van der Waals surface area (Å²) in [6, 6.07) is 10.7. The number of nitrogens with zero attached hydrogens (tertiary/aromatic N) is 2. The molecule has 0 bridgehead atoms. The molecule has 0 saturated heterocycles.